The van der Waals surface area contributed by atoms with Crippen molar-refractivity contribution >= 4 is 5.69 Å². The fourth-order valence-corrected chi connectivity index (χ4v) is 3.35. The molecule has 1 saturated carbocycles. The Morgan fingerprint density at radius 1 is 1.25 bits per heavy atom. The van der Waals surface area contributed by atoms with E-state index in [9.17, 15) is 4.39 Å². The molecule has 1 aliphatic carbocycles. The predicted molar refractivity (Wildman–Crippen MR) is 83.7 cm³/mol. The summed E-state index contributed by atoms with van der Waals surface area (Å²) in [4.78, 5) is 2.17. The second-order valence-corrected chi connectivity index (χ2v) is 5.70. The molecule has 1 fully saturated rings. The van der Waals surface area contributed by atoms with Gasteiger partial charge in [-0.2, -0.15) is 0 Å². The van der Waals surface area contributed by atoms with Gasteiger partial charge in [0.05, 0.1) is 5.69 Å². The summed E-state index contributed by atoms with van der Waals surface area (Å²) in [7, 11) is 0. The van der Waals surface area contributed by atoms with E-state index in [0.29, 0.717) is 6.04 Å². The summed E-state index contributed by atoms with van der Waals surface area (Å²) < 4.78 is 14.0. The van der Waals surface area contributed by atoms with E-state index in [2.05, 4.69) is 24.1 Å². The molecule has 0 spiro atoms. The molecule has 0 aliphatic heterocycles. The summed E-state index contributed by atoms with van der Waals surface area (Å²) in [6.45, 7) is 6.98. The maximum atomic E-state index is 14.0. The normalized spacial score (nSPS) is 17.4. The minimum Gasteiger partial charge on any atom is -0.368 e. The average molecular weight is 278 g/mol. The van der Waals surface area contributed by atoms with Crippen LogP contribution >= 0.6 is 0 Å². The molecule has 2 nitrogen and oxygen atoms in total. The van der Waals surface area contributed by atoms with Crippen LogP contribution in [0.1, 0.15) is 39.5 Å². The molecule has 0 aromatic heterocycles. The van der Waals surface area contributed by atoms with Gasteiger partial charge in [-0.25, -0.2) is 4.39 Å². The molecule has 1 N–H and O–H groups in total. The van der Waals surface area contributed by atoms with Crippen LogP contribution in [0.5, 0.6) is 0 Å². The zero-order valence-electron chi connectivity index (χ0n) is 12.7. The minimum absolute atomic E-state index is 0.115. The Hall–Kier alpha value is -1.09. The van der Waals surface area contributed by atoms with E-state index in [1.165, 1.54) is 25.7 Å². The highest BCUT2D eigenvalue weighted by molar-refractivity contribution is 5.47. The van der Waals surface area contributed by atoms with Crippen molar-refractivity contribution in [3.63, 3.8) is 0 Å². The van der Waals surface area contributed by atoms with Gasteiger partial charge in [0.1, 0.15) is 5.82 Å². The number of para-hydroxylation sites is 1. The fraction of sp³-hybridized carbons (Fsp3) is 0.647. The second kappa shape index (κ2) is 7.63. The van der Waals surface area contributed by atoms with Gasteiger partial charge < -0.3 is 10.2 Å². The molecular formula is C17H27FN2. The van der Waals surface area contributed by atoms with Crippen LogP contribution in [0, 0.1) is 11.7 Å². The molecule has 1 atom stereocenters. The van der Waals surface area contributed by atoms with Crippen LogP contribution in [-0.2, 0) is 0 Å². The lowest BCUT2D eigenvalue weighted by molar-refractivity contribution is 0.363. The average Bonchev–Trinajstić information content (AvgIpc) is 2.98. The van der Waals surface area contributed by atoms with Crippen molar-refractivity contribution in [3.05, 3.63) is 30.1 Å². The lowest BCUT2D eigenvalue weighted by Crippen LogP contribution is -2.45. The number of nitrogens with zero attached hydrogens (tertiary/aromatic N) is 1. The number of hydrogen-bond donors (Lipinski definition) is 1. The van der Waals surface area contributed by atoms with Gasteiger partial charge in [-0.1, -0.05) is 31.9 Å². The fourth-order valence-electron chi connectivity index (χ4n) is 3.35. The molecule has 1 aromatic carbocycles. The van der Waals surface area contributed by atoms with Crippen LogP contribution in [0.25, 0.3) is 0 Å². The summed E-state index contributed by atoms with van der Waals surface area (Å²) in [5, 5.41) is 3.61. The van der Waals surface area contributed by atoms with Gasteiger partial charge in [-0.3, -0.25) is 0 Å². The maximum absolute atomic E-state index is 14.0. The Bertz CT molecular complexity index is 402. The Kier molecular flexibility index (Phi) is 5.84. The Morgan fingerprint density at radius 2 is 1.95 bits per heavy atom. The number of likely N-dealkylation sites (N-methyl/N-ethyl adjacent to an activating group) is 2. The van der Waals surface area contributed by atoms with Crippen LogP contribution in [-0.4, -0.2) is 25.7 Å². The first kappa shape index (κ1) is 15.3. The highest BCUT2D eigenvalue weighted by atomic mass is 19.1. The smallest absolute Gasteiger partial charge is 0.146 e. The highest BCUT2D eigenvalue weighted by Crippen LogP contribution is 2.29. The highest BCUT2D eigenvalue weighted by Gasteiger charge is 2.26. The van der Waals surface area contributed by atoms with Crippen LogP contribution in [0.2, 0.25) is 0 Å². The summed E-state index contributed by atoms with van der Waals surface area (Å²) in [5.41, 5.74) is 0.732. The second-order valence-electron chi connectivity index (χ2n) is 5.70. The van der Waals surface area contributed by atoms with E-state index in [-0.39, 0.29) is 5.82 Å². The first-order valence-electron chi connectivity index (χ1n) is 7.99. The van der Waals surface area contributed by atoms with Crippen molar-refractivity contribution in [2.75, 3.05) is 24.5 Å². The molecule has 1 aliphatic rings. The Morgan fingerprint density at radius 3 is 2.55 bits per heavy atom. The van der Waals surface area contributed by atoms with E-state index in [1.54, 1.807) is 12.1 Å². The number of hydrogen-bond acceptors (Lipinski definition) is 2. The number of rotatable bonds is 7. The van der Waals surface area contributed by atoms with Gasteiger partial charge in [-0.05, 0) is 44.4 Å². The van der Waals surface area contributed by atoms with Crippen LogP contribution < -0.4 is 10.2 Å². The molecule has 0 radical (unpaired) electrons. The van der Waals surface area contributed by atoms with E-state index >= 15 is 0 Å². The van der Waals surface area contributed by atoms with Gasteiger partial charge in [0.15, 0.2) is 0 Å². The number of anilines is 1. The van der Waals surface area contributed by atoms with E-state index in [0.717, 1.165) is 31.2 Å². The van der Waals surface area contributed by atoms with Crippen LogP contribution in [0.3, 0.4) is 0 Å². The van der Waals surface area contributed by atoms with Gasteiger partial charge >= 0.3 is 0 Å². The molecule has 1 aromatic rings. The van der Waals surface area contributed by atoms with E-state index < -0.39 is 0 Å². The van der Waals surface area contributed by atoms with Gasteiger partial charge in [0.25, 0.3) is 0 Å². The monoisotopic (exact) mass is 278 g/mol. The summed E-state index contributed by atoms with van der Waals surface area (Å²) in [6.07, 6.45) is 5.32. The lowest BCUT2D eigenvalue weighted by Gasteiger charge is -2.32. The molecule has 1 unspecified atom stereocenters. The molecule has 112 valence electrons. The first-order chi connectivity index (χ1) is 9.76. The molecule has 0 saturated heterocycles. The predicted octanol–water partition coefficient (Wildman–Crippen LogP) is 3.82. The minimum atomic E-state index is -0.115. The van der Waals surface area contributed by atoms with Crippen molar-refractivity contribution in [1.82, 2.24) is 5.32 Å². The molecular weight excluding hydrogens is 251 g/mol. The van der Waals surface area contributed by atoms with Crippen molar-refractivity contribution < 1.29 is 4.39 Å². The number of nitrogens with one attached hydrogen (secondary N) is 1. The summed E-state index contributed by atoms with van der Waals surface area (Å²) in [5.74, 6) is 0.631. The Balaban J connectivity index is 2.08. The largest absolute Gasteiger partial charge is 0.368 e. The quantitative estimate of drug-likeness (QED) is 0.815. The SMILES string of the molecule is CCNC(CN(CC)c1ccccc1F)C1CCCC1. The Labute approximate surface area is 122 Å². The van der Waals surface area contributed by atoms with E-state index in [4.69, 9.17) is 0 Å². The third kappa shape index (κ3) is 3.72. The van der Waals surface area contributed by atoms with Crippen molar-refractivity contribution in [1.29, 1.82) is 0 Å². The third-order valence-corrected chi connectivity index (χ3v) is 4.43. The number of halogens is 1. The number of benzene rings is 1. The third-order valence-electron chi connectivity index (χ3n) is 4.43. The van der Waals surface area contributed by atoms with Gasteiger partial charge in [0, 0.05) is 19.1 Å². The topological polar surface area (TPSA) is 15.3 Å². The van der Waals surface area contributed by atoms with Crippen LogP contribution in [0.4, 0.5) is 10.1 Å². The maximum Gasteiger partial charge on any atom is 0.146 e. The zero-order valence-corrected chi connectivity index (χ0v) is 12.7. The van der Waals surface area contributed by atoms with Crippen LogP contribution in [0.15, 0.2) is 24.3 Å². The van der Waals surface area contributed by atoms with Crippen molar-refractivity contribution in [2.24, 2.45) is 5.92 Å². The standard InChI is InChI=1S/C17H27FN2/c1-3-19-16(14-9-5-6-10-14)13-20(4-2)17-12-8-7-11-15(17)18/h7-8,11-12,14,16,19H,3-6,9-10,13H2,1-2H3. The van der Waals surface area contributed by atoms with E-state index in [1.807, 2.05) is 12.1 Å². The summed E-state index contributed by atoms with van der Waals surface area (Å²) >= 11 is 0. The molecule has 0 bridgehead atoms. The molecule has 2 rings (SSSR count). The van der Waals surface area contributed by atoms with Gasteiger partial charge in [-0.15, -0.1) is 0 Å². The summed E-state index contributed by atoms with van der Waals surface area (Å²) in [6, 6.07) is 7.58. The zero-order chi connectivity index (χ0) is 14.4. The van der Waals surface area contributed by atoms with Crippen molar-refractivity contribution in [2.45, 2.75) is 45.6 Å². The van der Waals surface area contributed by atoms with Gasteiger partial charge in [0.2, 0.25) is 0 Å². The van der Waals surface area contributed by atoms with Crippen molar-refractivity contribution in [3.8, 4) is 0 Å². The lowest BCUT2D eigenvalue weighted by atomic mass is 9.97. The molecule has 0 amide bonds. The molecule has 0 heterocycles. The first-order valence-corrected chi connectivity index (χ1v) is 7.99. The molecule has 3 heteroatoms. The molecule has 20 heavy (non-hydrogen) atoms.